The molecule has 2 rings (SSSR count). The zero-order chi connectivity index (χ0) is 23.7. The highest BCUT2D eigenvalue weighted by Gasteiger charge is 2.12. The van der Waals surface area contributed by atoms with E-state index in [2.05, 4.69) is 10.1 Å². The quantitative estimate of drug-likeness (QED) is 0.470. The van der Waals surface area contributed by atoms with Gasteiger partial charge in [0.25, 0.3) is 5.91 Å². The summed E-state index contributed by atoms with van der Waals surface area (Å²) in [5.41, 5.74) is 2.99. The lowest BCUT2D eigenvalue weighted by Gasteiger charge is -2.10. The van der Waals surface area contributed by atoms with Crippen LogP contribution >= 0.6 is 0 Å². The van der Waals surface area contributed by atoms with E-state index in [0.29, 0.717) is 11.3 Å². The lowest BCUT2D eigenvalue weighted by Crippen LogP contribution is -2.37. The second-order valence-corrected chi connectivity index (χ2v) is 6.53. The summed E-state index contributed by atoms with van der Waals surface area (Å²) in [6, 6.07) is 8.58. The van der Waals surface area contributed by atoms with Crippen LogP contribution in [0.2, 0.25) is 0 Å². The molecule has 0 bridgehead atoms. The highest BCUT2D eigenvalue weighted by atomic mass is 19.3. The molecule has 10 heteroatoms. The van der Waals surface area contributed by atoms with Gasteiger partial charge in [-0.15, -0.1) is 0 Å². The van der Waals surface area contributed by atoms with Gasteiger partial charge >= 0.3 is 18.6 Å². The number of halogens is 2. The van der Waals surface area contributed by atoms with E-state index in [1.807, 2.05) is 25.2 Å². The number of rotatable bonds is 8. The largest absolute Gasteiger partial charge is 0.493 e. The van der Waals surface area contributed by atoms with Gasteiger partial charge in [0.2, 0.25) is 0 Å². The van der Waals surface area contributed by atoms with Gasteiger partial charge in [-0.1, -0.05) is 12.1 Å². The Kier molecular flexibility index (Phi) is 8.70. The molecule has 0 saturated heterocycles. The van der Waals surface area contributed by atoms with Crippen molar-refractivity contribution in [2.75, 3.05) is 19.0 Å². The molecule has 2 aromatic carbocycles. The van der Waals surface area contributed by atoms with Gasteiger partial charge in [0, 0.05) is 11.8 Å². The lowest BCUT2D eigenvalue weighted by molar-refractivity contribution is -0.143. The monoisotopic (exact) mass is 448 g/mol. The molecular formula is C22H22F2N2O6. The average molecular weight is 448 g/mol. The Bertz CT molecular complexity index is 1020. The number of carbonyl (C=O) groups excluding carboxylic acids is 3. The Balaban J connectivity index is 1.82. The van der Waals surface area contributed by atoms with Crippen LogP contribution in [-0.2, 0) is 14.3 Å². The van der Waals surface area contributed by atoms with Gasteiger partial charge in [0.15, 0.2) is 18.1 Å². The van der Waals surface area contributed by atoms with E-state index in [1.54, 1.807) is 12.1 Å². The predicted octanol–water partition coefficient (Wildman–Crippen LogP) is 3.82. The van der Waals surface area contributed by atoms with E-state index in [0.717, 1.165) is 17.2 Å². The minimum atomic E-state index is -3.01. The van der Waals surface area contributed by atoms with Crippen molar-refractivity contribution in [2.45, 2.75) is 20.5 Å². The number of urea groups is 1. The first-order valence-corrected chi connectivity index (χ1v) is 9.33. The standard InChI is InChI=1S/C22H22F2N2O6/c1-13-4-7-16(10-14(13)2)25-22(29)26-19(27)12-31-20(28)9-6-15-5-8-17(32-21(23)24)18(11-15)30-3/h4-11,21H,12H2,1-3H3,(H2,25,26,27,29)/b9-6+. The maximum atomic E-state index is 12.3. The van der Waals surface area contributed by atoms with Gasteiger partial charge in [-0.2, -0.15) is 8.78 Å². The molecular weight excluding hydrogens is 426 g/mol. The van der Waals surface area contributed by atoms with Crippen LogP contribution in [0.3, 0.4) is 0 Å². The third-order valence-electron chi connectivity index (χ3n) is 4.18. The summed E-state index contributed by atoms with van der Waals surface area (Å²) in [5, 5.41) is 4.55. The van der Waals surface area contributed by atoms with Crippen LogP contribution in [0.4, 0.5) is 19.3 Å². The van der Waals surface area contributed by atoms with Crippen molar-refractivity contribution in [1.82, 2.24) is 5.32 Å². The van der Waals surface area contributed by atoms with E-state index in [1.165, 1.54) is 31.4 Å². The number of carbonyl (C=O) groups is 3. The smallest absolute Gasteiger partial charge is 0.387 e. The molecule has 0 aliphatic carbocycles. The van der Waals surface area contributed by atoms with E-state index in [4.69, 9.17) is 9.47 Å². The molecule has 0 unspecified atom stereocenters. The summed E-state index contributed by atoms with van der Waals surface area (Å²) < 4.78 is 38.7. The fourth-order valence-electron chi connectivity index (χ4n) is 2.47. The first kappa shape index (κ1) is 24.3. The van der Waals surface area contributed by atoms with Crippen molar-refractivity contribution in [3.63, 3.8) is 0 Å². The van der Waals surface area contributed by atoms with Crippen molar-refractivity contribution < 1.29 is 37.4 Å². The Morgan fingerprint density at radius 2 is 1.78 bits per heavy atom. The summed E-state index contributed by atoms with van der Waals surface area (Å²) in [7, 11) is 1.28. The number of benzene rings is 2. The fraction of sp³-hybridized carbons (Fsp3) is 0.227. The molecule has 0 spiro atoms. The topological polar surface area (TPSA) is 103 Å². The normalized spacial score (nSPS) is 10.7. The summed E-state index contributed by atoms with van der Waals surface area (Å²) >= 11 is 0. The lowest BCUT2D eigenvalue weighted by atomic mass is 10.1. The minimum absolute atomic E-state index is 0.0509. The molecule has 0 fully saturated rings. The van der Waals surface area contributed by atoms with Crippen molar-refractivity contribution >= 4 is 29.7 Å². The highest BCUT2D eigenvalue weighted by molar-refractivity contribution is 6.02. The van der Waals surface area contributed by atoms with E-state index < -0.39 is 31.1 Å². The second kappa shape index (κ2) is 11.4. The molecule has 0 atom stereocenters. The van der Waals surface area contributed by atoms with Gasteiger partial charge < -0.3 is 19.5 Å². The number of imide groups is 1. The number of ether oxygens (including phenoxy) is 3. The summed E-state index contributed by atoms with van der Waals surface area (Å²) in [4.78, 5) is 35.4. The van der Waals surface area contributed by atoms with Crippen molar-refractivity contribution in [2.24, 2.45) is 0 Å². The number of methoxy groups -OCH3 is 1. The molecule has 0 aromatic heterocycles. The summed E-state index contributed by atoms with van der Waals surface area (Å²) in [6.45, 7) is 0.139. The van der Waals surface area contributed by atoms with Crippen LogP contribution < -0.4 is 20.1 Å². The van der Waals surface area contributed by atoms with E-state index >= 15 is 0 Å². The van der Waals surface area contributed by atoms with E-state index in [-0.39, 0.29) is 11.5 Å². The number of hydrogen-bond acceptors (Lipinski definition) is 6. The van der Waals surface area contributed by atoms with Crippen molar-refractivity contribution in [1.29, 1.82) is 0 Å². The zero-order valence-electron chi connectivity index (χ0n) is 17.6. The fourth-order valence-corrected chi connectivity index (χ4v) is 2.47. The molecule has 0 aliphatic rings. The van der Waals surface area contributed by atoms with Crippen LogP contribution in [0.25, 0.3) is 6.08 Å². The maximum Gasteiger partial charge on any atom is 0.387 e. The molecule has 2 aromatic rings. The SMILES string of the molecule is COc1cc(/C=C/C(=O)OCC(=O)NC(=O)Nc2ccc(C)c(C)c2)ccc1OC(F)F. The van der Waals surface area contributed by atoms with Crippen LogP contribution in [0.1, 0.15) is 16.7 Å². The van der Waals surface area contributed by atoms with Gasteiger partial charge in [-0.3, -0.25) is 10.1 Å². The van der Waals surface area contributed by atoms with Gasteiger partial charge in [-0.05, 0) is 60.9 Å². The first-order chi connectivity index (χ1) is 15.2. The Morgan fingerprint density at radius 1 is 1.03 bits per heavy atom. The molecule has 8 nitrogen and oxygen atoms in total. The number of hydrogen-bond donors (Lipinski definition) is 2. The molecule has 0 radical (unpaired) electrons. The van der Waals surface area contributed by atoms with Crippen molar-refractivity contribution in [3.05, 3.63) is 59.2 Å². The summed E-state index contributed by atoms with van der Waals surface area (Å²) in [6.07, 6.45) is 2.37. The third-order valence-corrected chi connectivity index (χ3v) is 4.18. The number of alkyl halides is 2. The zero-order valence-corrected chi connectivity index (χ0v) is 17.6. The van der Waals surface area contributed by atoms with Gasteiger partial charge in [-0.25, -0.2) is 9.59 Å². The summed E-state index contributed by atoms with van der Waals surface area (Å²) in [5.74, 6) is -1.77. The number of aryl methyl sites for hydroxylation is 2. The Labute approximate surface area is 183 Å². The molecule has 2 N–H and O–H groups in total. The van der Waals surface area contributed by atoms with Crippen LogP contribution in [0, 0.1) is 13.8 Å². The van der Waals surface area contributed by atoms with Crippen molar-refractivity contribution in [3.8, 4) is 11.5 Å². The number of amides is 3. The average Bonchev–Trinajstić information content (AvgIpc) is 2.73. The van der Waals surface area contributed by atoms with Gasteiger partial charge in [0.1, 0.15) is 0 Å². The highest BCUT2D eigenvalue weighted by Crippen LogP contribution is 2.29. The minimum Gasteiger partial charge on any atom is -0.493 e. The third kappa shape index (κ3) is 7.71. The molecule has 0 heterocycles. The first-order valence-electron chi connectivity index (χ1n) is 9.33. The molecule has 32 heavy (non-hydrogen) atoms. The molecule has 0 aliphatic heterocycles. The second-order valence-electron chi connectivity index (χ2n) is 6.53. The maximum absolute atomic E-state index is 12.3. The number of anilines is 1. The number of esters is 1. The molecule has 170 valence electrons. The Hall–Kier alpha value is -3.95. The number of nitrogens with one attached hydrogen (secondary N) is 2. The van der Waals surface area contributed by atoms with Crippen LogP contribution in [0.5, 0.6) is 11.5 Å². The predicted molar refractivity (Wildman–Crippen MR) is 113 cm³/mol. The Morgan fingerprint density at radius 3 is 2.44 bits per heavy atom. The molecule has 0 saturated carbocycles. The van der Waals surface area contributed by atoms with Gasteiger partial charge in [0.05, 0.1) is 7.11 Å². The van der Waals surface area contributed by atoms with E-state index in [9.17, 15) is 23.2 Å². The van der Waals surface area contributed by atoms with Crippen LogP contribution in [-0.4, -0.2) is 38.2 Å². The van der Waals surface area contributed by atoms with Crippen LogP contribution in [0.15, 0.2) is 42.5 Å². The molecule has 3 amide bonds.